The van der Waals surface area contributed by atoms with Crippen LogP contribution in [-0.2, 0) is 0 Å². The molecule has 0 radical (unpaired) electrons. The number of aromatic nitrogens is 2. The molecule has 0 aliphatic carbocycles. The zero-order chi connectivity index (χ0) is 12.0. The summed E-state index contributed by atoms with van der Waals surface area (Å²) in [5.74, 6) is -0.0347. The summed E-state index contributed by atoms with van der Waals surface area (Å²) in [6.07, 6.45) is -2.19. The number of H-pyrrole nitrogens is 1. The summed E-state index contributed by atoms with van der Waals surface area (Å²) in [4.78, 5) is 0. The first-order valence-corrected chi connectivity index (χ1v) is 5.02. The highest BCUT2D eigenvalue weighted by molar-refractivity contribution is 6.32. The Morgan fingerprint density at radius 3 is 2.71 bits per heavy atom. The topological polar surface area (TPSA) is 47.1 Å². The molecule has 17 heavy (non-hydrogen) atoms. The number of hydrogen-bond acceptors (Lipinski definition) is 3. The van der Waals surface area contributed by atoms with Gasteiger partial charge in [-0.15, -0.1) is 8.78 Å². The predicted octanol–water partition coefficient (Wildman–Crippen LogP) is 3.05. The maximum atomic E-state index is 12.8. The Bertz CT molecular complexity index is 585. The molecule has 2 heterocycles. The fraction of sp³-hybridized carbons (Fsp3) is 0.100. The Kier molecular flexibility index (Phi) is 2.03. The van der Waals surface area contributed by atoms with Gasteiger partial charge in [-0.05, 0) is 18.2 Å². The van der Waals surface area contributed by atoms with E-state index in [4.69, 9.17) is 11.6 Å². The van der Waals surface area contributed by atoms with Crippen molar-refractivity contribution in [2.24, 2.45) is 0 Å². The van der Waals surface area contributed by atoms with Crippen LogP contribution in [0.15, 0.2) is 24.4 Å². The van der Waals surface area contributed by atoms with Gasteiger partial charge in [-0.3, -0.25) is 5.10 Å². The molecule has 0 amide bonds. The van der Waals surface area contributed by atoms with Crippen molar-refractivity contribution in [2.45, 2.75) is 6.29 Å². The van der Waals surface area contributed by atoms with Crippen molar-refractivity contribution >= 4 is 11.6 Å². The summed E-state index contributed by atoms with van der Waals surface area (Å²) in [7, 11) is 0. The van der Waals surface area contributed by atoms with Gasteiger partial charge in [-0.1, -0.05) is 11.6 Å². The van der Waals surface area contributed by atoms with E-state index in [1.807, 2.05) is 0 Å². The van der Waals surface area contributed by atoms with Crippen LogP contribution in [0.1, 0.15) is 0 Å². The lowest BCUT2D eigenvalue weighted by Crippen LogP contribution is -2.25. The minimum atomic E-state index is -3.61. The van der Waals surface area contributed by atoms with Gasteiger partial charge in [0, 0.05) is 5.56 Å². The minimum Gasteiger partial charge on any atom is -0.395 e. The third-order valence-corrected chi connectivity index (χ3v) is 2.57. The van der Waals surface area contributed by atoms with Crippen molar-refractivity contribution in [1.29, 1.82) is 0 Å². The van der Waals surface area contributed by atoms with Gasteiger partial charge in [0.15, 0.2) is 11.5 Å². The van der Waals surface area contributed by atoms with Crippen LogP contribution < -0.4 is 9.47 Å². The van der Waals surface area contributed by atoms with E-state index in [1.54, 1.807) is 6.07 Å². The number of halogens is 3. The zero-order valence-corrected chi connectivity index (χ0v) is 8.96. The van der Waals surface area contributed by atoms with Gasteiger partial charge in [0.25, 0.3) is 0 Å². The van der Waals surface area contributed by atoms with Gasteiger partial charge in [0.2, 0.25) is 0 Å². The Balaban J connectivity index is 2.05. The number of benzene rings is 1. The van der Waals surface area contributed by atoms with Crippen LogP contribution in [0.2, 0.25) is 5.02 Å². The number of hydrogen-bond donors (Lipinski definition) is 1. The Hall–Kier alpha value is -1.82. The van der Waals surface area contributed by atoms with E-state index in [-0.39, 0.29) is 11.5 Å². The molecule has 0 unspecified atom stereocenters. The zero-order valence-electron chi connectivity index (χ0n) is 8.21. The summed E-state index contributed by atoms with van der Waals surface area (Å²) in [6, 6.07) is 4.39. The fourth-order valence-electron chi connectivity index (χ4n) is 1.58. The molecule has 1 aliphatic heterocycles. The van der Waals surface area contributed by atoms with Gasteiger partial charge >= 0.3 is 6.29 Å². The maximum Gasteiger partial charge on any atom is 0.586 e. The fourth-order valence-corrected chi connectivity index (χ4v) is 1.78. The first kappa shape index (κ1) is 10.3. The largest absolute Gasteiger partial charge is 0.586 e. The average molecular weight is 259 g/mol. The highest BCUT2D eigenvalue weighted by Gasteiger charge is 2.43. The molecule has 0 saturated heterocycles. The van der Waals surface area contributed by atoms with Crippen LogP contribution in [0.3, 0.4) is 0 Å². The SMILES string of the molecule is FC1(F)Oc2ccc(-c3[nH]ncc3Cl)cc2O1. The van der Waals surface area contributed by atoms with Crippen molar-refractivity contribution in [2.75, 3.05) is 0 Å². The van der Waals surface area contributed by atoms with Crippen LogP contribution in [0.5, 0.6) is 11.5 Å². The van der Waals surface area contributed by atoms with Crippen molar-refractivity contribution in [1.82, 2.24) is 10.2 Å². The second-order valence-electron chi connectivity index (χ2n) is 3.42. The molecule has 0 spiro atoms. The molecule has 0 bridgehead atoms. The van der Waals surface area contributed by atoms with Gasteiger partial charge in [-0.25, -0.2) is 0 Å². The van der Waals surface area contributed by atoms with Crippen LogP contribution in [0.4, 0.5) is 8.78 Å². The number of aromatic amines is 1. The molecule has 0 fully saturated rings. The highest BCUT2D eigenvalue weighted by Crippen LogP contribution is 2.43. The first-order chi connectivity index (χ1) is 8.05. The molecule has 1 aromatic carbocycles. The lowest BCUT2D eigenvalue weighted by molar-refractivity contribution is -0.286. The van der Waals surface area contributed by atoms with E-state index in [0.29, 0.717) is 16.3 Å². The van der Waals surface area contributed by atoms with Crippen LogP contribution >= 0.6 is 11.6 Å². The van der Waals surface area contributed by atoms with E-state index in [2.05, 4.69) is 19.7 Å². The Morgan fingerprint density at radius 1 is 1.24 bits per heavy atom. The number of ether oxygens (including phenoxy) is 2. The predicted molar refractivity (Wildman–Crippen MR) is 55.2 cm³/mol. The second-order valence-corrected chi connectivity index (χ2v) is 3.83. The molecule has 0 atom stereocenters. The Labute approximate surface area is 99.1 Å². The third-order valence-electron chi connectivity index (χ3n) is 2.28. The molecule has 4 nitrogen and oxygen atoms in total. The summed E-state index contributed by atoms with van der Waals surface area (Å²) >= 11 is 5.87. The number of fused-ring (bicyclic) bond motifs is 1. The minimum absolute atomic E-state index is 0.00520. The Morgan fingerprint density at radius 2 is 2.00 bits per heavy atom. The van der Waals surface area contributed by atoms with Crippen LogP contribution in [-0.4, -0.2) is 16.5 Å². The second kappa shape index (κ2) is 3.33. The molecular formula is C10H5ClF2N2O2. The van der Waals surface area contributed by atoms with Gasteiger partial charge < -0.3 is 9.47 Å². The number of rotatable bonds is 1. The lowest BCUT2D eigenvalue weighted by Gasteiger charge is -2.04. The summed E-state index contributed by atoms with van der Waals surface area (Å²) < 4.78 is 34.2. The standard InChI is InChI=1S/C10H5ClF2N2O2/c11-6-4-14-15-9(6)5-1-2-7-8(3-5)17-10(12,13)16-7/h1-4H,(H,14,15). The van der Waals surface area contributed by atoms with Gasteiger partial charge in [0.05, 0.1) is 16.9 Å². The maximum absolute atomic E-state index is 12.8. The molecule has 88 valence electrons. The summed E-state index contributed by atoms with van der Waals surface area (Å²) in [6.45, 7) is 0. The molecule has 1 aliphatic rings. The smallest absolute Gasteiger partial charge is 0.395 e. The first-order valence-electron chi connectivity index (χ1n) is 4.64. The number of alkyl halides is 2. The van der Waals surface area contributed by atoms with Crippen molar-refractivity contribution in [3.8, 4) is 22.8 Å². The van der Waals surface area contributed by atoms with Crippen molar-refractivity contribution in [3.05, 3.63) is 29.4 Å². The lowest BCUT2D eigenvalue weighted by atomic mass is 10.1. The molecule has 0 saturated carbocycles. The highest BCUT2D eigenvalue weighted by atomic mass is 35.5. The van der Waals surface area contributed by atoms with Crippen molar-refractivity contribution < 1.29 is 18.3 Å². The summed E-state index contributed by atoms with van der Waals surface area (Å²) in [5, 5.41) is 6.81. The number of nitrogens with zero attached hydrogens (tertiary/aromatic N) is 1. The normalized spacial score (nSPS) is 16.2. The van der Waals surface area contributed by atoms with Crippen molar-refractivity contribution in [3.63, 3.8) is 0 Å². The van der Waals surface area contributed by atoms with E-state index in [0.717, 1.165) is 0 Å². The molecule has 7 heteroatoms. The quantitative estimate of drug-likeness (QED) is 0.855. The average Bonchev–Trinajstić information content (AvgIpc) is 2.78. The summed E-state index contributed by atoms with van der Waals surface area (Å²) in [5.41, 5.74) is 1.13. The monoisotopic (exact) mass is 258 g/mol. The molecule has 3 rings (SSSR count). The van der Waals surface area contributed by atoms with E-state index in [9.17, 15) is 8.78 Å². The van der Waals surface area contributed by atoms with Crippen LogP contribution in [0.25, 0.3) is 11.3 Å². The van der Waals surface area contributed by atoms with E-state index < -0.39 is 6.29 Å². The van der Waals surface area contributed by atoms with Gasteiger partial charge in [0.1, 0.15) is 0 Å². The molecule has 1 aromatic heterocycles. The van der Waals surface area contributed by atoms with E-state index >= 15 is 0 Å². The molecule has 1 N–H and O–H groups in total. The van der Waals surface area contributed by atoms with Gasteiger partial charge in [-0.2, -0.15) is 5.10 Å². The number of nitrogens with one attached hydrogen (secondary N) is 1. The third kappa shape index (κ3) is 1.70. The molecular weight excluding hydrogens is 254 g/mol. The van der Waals surface area contributed by atoms with E-state index in [1.165, 1.54) is 18.3 Å². The van der Waals surface area contributed by atoms with Crippen LogP contribution in [0, 0.1) is 0 Å². The molecule has 2 aromatic rings.